The zero-order valence-electron chi connectivity index (χ0n) is 11.3. The second kappa shape index (κ2) is 8.17. The van der Waals surface area contributed by atoms with E-state index in [1.807, 2.05) is 0 Å². The van der Waals surface area contributed by atoms with Crippen molar-refractivity contribution in [3.63, 3.8) is 0 Å². The standard InChI is InChI=1S/C13H18N2O3S2/c1-2-19(16)11-10-15-20(17,18)13-8-4-3-6-12(13)7-5-9-14/h3-4,6,8,15H,2,9-11,14H2,1H3. The monoisotopic (exact) mass is 314 g/mol. The van der Waals surface area contributed by atoms with Crippen LogP contribution in [0.5, 0.6) is 0 Å². The summed E-state index contributed by atoms with van der Waals surface area (Å²) in [6, 6.07) is 6.46. The second-order valence-electron chi connectivity index (χ2n) is 3.83. The van der Waals surface area contributed by atoms with Gasteiger partial charge in [0.1, 0.15) is 0 Å². The first kappa shape index (κ1) is 16.9. The van der Waals surface area contributed by atoms with Gasteiger partial charge < -0.3 is 5.73 Å². The van der Waals surface area contributed by atoms with Gasteiger partial charge in [-0.25, -0.2) is 13.1 Å². The summed E-state index contributed by atoms with van der Waals surface area (Å²) in [6.45, 7) is 2.10. The van der Waals surface area contributed by atoms with Gasteiger partial charge >= 0.3 is 0 Å². The fraction of sp³-hybridized carbons (Fsp3) is 0.385. The number of nitrogens with two attached hydrogens (primary N) is 1. The van der Waals surface area contributed by atoms with Gasteiger partial charge in [-0.15, -0.1) is 0 Å². The molecule has 0 saturated carbocycles. The highest BCUT2D eigenvalue weighted by molar-refractivity contribution is 7.89. The van der Waals surface area contributed by atoms with Crippen molar-refractivity contribution in [1.29, 1.82) is 0 Å². The summed E-state index contributed by atoms with van der Waals surface area (Å²) >= 11 is 0. The fourth-order valence-electron chi connectivity index (χ4n) is 1.46. The van der Waals surface area contributed by atoms with Gasteiger partial charge in [-0.1, -0.05) is 30.9 Å². The van der Waals surface area contributed by atoms with Gasteiger partial charge in [0.2, 0.25) is 10.0 Å². The van der Waals surface area contributed by atoms with E-state index in [0.29, 0.717) is 17.1 Å². The van der Waals surface area contributed by atoms with Crippen LogP contribution in [0.2, 0.25) is 0 Å². The van der Waals surface area contributed by atoms with Gasteiger partial charge in [-0.2, -0.15) is 0 Å². The Labute approximate surface area is 122 Å². The Hall–Kier alpha value is -1.20. The number of nitrogens with one attached hydrogen (secondary N) is 1. The van der Waals surface area contributed by atoms with E-state index in [1.165, 1.54) is 6.07 Å². The van der Waals surface area contributed by atoms with Crippen LogP contribution in [0.25, 0.3) is 0 Å². The normalized spacial score (nSPS) is 12.5. The molecule has 5 nitrogen and oxygen atoms in total. The third-order valence-corrected chi connectivity index (χ3v) is 5.27. The number of hydrogen-bond acceptors (Lipinski definition) is 4. The van der Waals surface area contributed by atoms with Crippen LogP contribution in [0, 0.1) is 11.8 Å². The highest BCUT2D eigenvalue weighted by Gasteiger charge is 2.16. The van der Waals surface area contributed by atoms with Crippen molar-refractivity contribution < 1.29 is 12.6 Å². The van der Waals surface area contributed by atoms with E-state index in [9.17, 15) is 12.6 Å². The molecule has 1 aromatic carbocycles. The summed E-state index contributed by atoms with van der Waals surface area (Å²) in [4.78, 5) is 0.114. The molecular weight excluding hydrogens is 296 g/mol. The molecule has 0 radical (unpaired) electrons. The molecule has 0 saturated heterocycles. The fourth-order valence-corrected chi connectivity index (χ4v) is 3.40. The molecule has 1 unspecified atom stereocenters. The van der Waals surface area contributed by atoms with Crippen LogP contribution < -0.4 is 10.5 Å². The smallest absolute Gasteiger partial charge is 0.241 e. The summed E-state index contributed by atoms with van der Waals surface area (Å²) in [5.41, 5.74) is 5.70. The van der Waals surface area contributed by atoms with Gasteiger partial charge in [0.25, 0.3) is 0 Å². The Balaban J connectivity index is 2.90. The van der Waals surface area contributed by atoms with E-state index in [0.717, 1.165) is 0 Å². The third kappa shape index (κ3) is 5.06. The molecule has 0 bridgehead atoms. The molecule has 1 aromatic rings. The third-order valence-electron chi connectivity index (χ3n) is 2.45. The predicted octanol–water partition coefficient (Wildman–Crippen LogP) is 0.0437. The Bertz CT molecular complexity index is 631. The van der Waals surface area contributed by atoms with Crippen molar-refractivity contribution in [2.45, 2.75) is 11.8 Å². The minimum atomic E-state index is -3.65. The Morgan fingerprint density at radius 3 is 2.70 bits per heavy atom. The average Bonchev–Trinajstić information content (AvgIpc) is 2.45. The maximum absolute atomic E-state index is 12.2. The molecule has 110 valence electrons. The topological polar surface area (TPSA) is 89.3 Å². The van der Waals surface area contributed by atoms with Crippen LogP contribution in [0.15, 0.2) is 29.2 Å². The van der Waals surface area contributed by atoms with Gasteiger partial charge in [-0.05, 0) is 12.1 Å². The SMILES string of the molecule is CCS(=O)CCNS(=O)(=O)c1ccccc1C#CCN. The van der Waals surface area contributed by atoms with Crippen LogP contribution in [0.4, 0.5) is 0 Å². The van der Waals surface area contributed by atoms with Crippen LogP contribution in [0.3, 0.4) is 0 Å². The molecule has 0 aliphatic carbocycles. The van der Waals surface area contributed by atoms with Crippen molar-refractivity contribution >= 4 is 20.8 Å². The number of benzene rings is 1. The van der Waals surface area contributed by atoms with Gasteiger partial charge in [0.05, 0.1) is 11.4 Å². The summed E-state index contributed by atoms with van der Waals surface area (Å²) < 4.78 is 38.1. The van der Waals surface area contributed by atoms with Crippen LogP contribution in [-0.4, -0.2) is 37.2 Å². The molecule has 0 amide bonds. The highest BCUT2D eigenvalue weighted by Crippen LogP contribution is 2.13. The molecule has 0 spiro atoms. The van der Waals surface area contributed by atoms with E-state index in [2.05, 4.69) is 16.6 Å². The molecule has 3 N–H and O–H groups in total. The molecule has 1 rings (SSSR count). The molecule has 0 aliphatic heterocycles. The lowest BCUT2D eigenvalue weighted by Crippen LogP contribution is -2.28. The first-order valence-corrected chi connectivity index (χ1v) is 9.11. The molecule has 0 aliphatic rings. The van der Waals surface area contributed by atoms with Crippen molar-refractivity contribution in [2.24, 2.45) is 5.73 Å². The van der Waals surface area contributed by atoms with Crippen molar-refractivity contribution in [2.75, 3.05) is 24.6 Å². The molecular formula is C13H18N2O3S2. The first-order chi connectivity index (χ1) is 9.51. The predicted molar refractivity (Wildman–Crippen MR) is 81.1 cm³/mol. The Morgan fingerprint density at radius 1 is 1.35 bits per heavy atom. The zero-order chi connectivity index (χ0) is 15.0. The summed E-state index contributed by atoms with van der Waals surface area (Å²) in [6.07, 6.45) is 0. The van der Waals surface area contributed by atoms with Crippen molar-refractivity contribution in [3.8, 4) is 11.8 Å². The summed E-state index contributed by atoms with van der Waals surface area (Å²) in [5.74, 6) is 6.18. The lowest BCUT2D eigenvalue weighted by molar-refractivity contribution is 0.583. The molecule has 7 heteroatoms. The molecule has 20 heavy (non-hydrogen) atoms. The van der Waals surface area contributed by atoms with Gasteiger partial charge in [0, 0.05) is 34.4 Å². The summed E-state index contributed by atoms with van der Waals surface area (Å²) in [7, 11) is -4.65. The molecule has 0 aromatic heterocycles. The van der Waals surface area contributed by atoms with E-state index in [1.54, 1.807) is 25.1 Å². The first-order valence-electron chi connectivity index (χ1n) is 6.14. The van der Waals surface area contributed by atoms with Gasteiger partial charge in [-0.3, -0.25) is 4.21 Å². The second-order valence-corrected chi connectivity index (χ2v) is 7.43. The maximum Gasteiger partial charge on any atom is 0.241 e. The Morgan fingerprint density at radius 2 is 2.05 bits per heavy atom. The highest BCUT2D eigenvalue weighted by atomic mass is 32.2. The van der Waals surface area contributed by atoms with E-state index in [-0.39, 0.29) is 18.0 Å². The van der Waals surface area contributed by atoms with E-state index in [4.69, 9.17) is 5.73 Å². The van der Waals surface area contributed by atoms with Crippen LogP contribution >= 0.6 is 0 Å². The van der Waals surface area contributed by atoms with Crippen molar-refractivity contribution in [1.82, 2.24) is 4.72 Å². The summed E-state index contributed by atoms with van der Waals surface area (Å²) in [5, 5.41) is 0. The van der Waals surface area contributed by atoms with E-state index >= 15 is 0 Å². The van der Waals surface area contributed by atoms with Crippen LogP contribution in [-0.2, 0) is 20.8 Å². The molecule has 1 atom stereocenters. The average molecular weight is 314 g/mol. The van der Waals surface area contributed by atoms with Gasteiger partial charge in [0.15, 0.2) is 0 Å². The number of hydrogen-bond donors (Lipinski definition) is 2. The minimum absolute atomic E-state index is 0.114. The van der Waals surface area contributed by atoms with Crippen LogP contribution in [0.1, 0.15) is 12.5 Å². The number of rotatable bonds is 6. The zero-order valence-corrected chi connectivity index (χ0v) is 12.9. The largest absolute Gasteiger partial charge is 0.320 e. The Kier molecular flexibility index (Phi) is 6.88. The lowest BCUT2D eigenvalue weighted by atomic mass is 10.2. The number of sulfonamides is 1. The molecule has 0 fully saturated rings. The maximum atomic E-state index is 12.2. The lowest BCUT2D eigenvalue weighted by Gasteiger charge is -2.08. The van der Waals surface area contributed by atoms with Crippen molar-refractivity contribution in [3.05, 3.63) is 29.8 Å². The minimum Gasteiger partial charge on any atom is -0.320 e. The quantitative estimate of drug-likeness (QED) is 0.726. The van der Waals surface area contributed by atoms with E-state index < -0.39 is 20.8 Å². The molecule has 0 heterocycles.